The maximum atomic E-state index is 3.61. The molecule has 1 fully saturated rings. The molecule has 0 aromatic carbocycles. The Morgan fingerprint density at radius 3 is 2.71 bits per heavy atom. The number of hydrogen-bond donors (Lipinski definition) is 1. The number of rotatable bonds is 4. The Labute approximate surface area is 108 Å². The van der Waals surface area contributed by atoms with Crippen LogP contribution in [0, 0.1) is 5.92 Å². The van der Waals surface area contributed by atoms with E-state index in [1.165, 1.54) is 32.5 Å². The van der Waals surface area contributed by atoms with Crippen molar-refractivity contribution < 1.29 is 0 Å². The van der Waals surface area contributed by atoms with Crippen LogP contribution in [0.1, 0.15) is 33.6 Å². The van der Waals surface area contributed by atoms with Gasteiger partial charge in [-0.25, -0.2) is 0 Å². The van der Waals surface area contributed by atoms with Crippen molar-refractivity contribution in [2.24, 2.45) is 5.92 Å². The van der Waals surface area contributed by atoms with Crippen molar-refractivity contribution in [3.63, 3.8) is 0 Å². The van der Waals surface area contributed by atoms with Gasteiger partial charge in [-0.1, -0.05) is 6.92 Å². The lowest BCUT2D eigenvalue weighted by atomic mass is 10.0. The molecule has 1 heterocycles. The molecule has 3 nitrogen and oxygen atoms in total. The predicted octanol–water partition coefficient (Wildman–Crippen LogP) is 1.65. The fraction of sp³-hybridized carbons (Fsp3) is 1.00. The van der Waals surface area contributed by atoms with Gasteiger partial charge in [-0.05, 0) is 66.3 Å². The van der Waals surface area contributed by atoms with Crippen LogP contribution in [-0.4, -0.2) is 62.2 Å². The van der Waals surface area contributed by atoms with Crippen LogP contribution < -0.4 is 5.32 Å². The molecule has 17 heavy (non-hydrogen) atoms. The molecule has 3 unspecified atom stereocenters. The molecule has 3 atom stereocenters. The summed E-state index contributed by atoms with van der Waals surface area (Å²) in [5.41, 5.74) is 0. The van der Waals surface area contributed by atoms with E-state index in [0.29, 0.717) is 12.1 Å². The third-order valence-electron chi connectivity index (χ3n) is 3.83. The molecule has 0 aliphatic carbocycles. The van der Waals surface area contributed by atoms with Crippen molar-refractivity contribution in [2.45, 2.75) is 45.7 Å². The van der Waals surface area contributed by atoms with Crippen molar-refractivity contribution in [1.29, 1.82) is 0 Å². The third-order valence-corrected chi connectivity index (χ3v) is 3.83. The summed E-state index contributed by atoms with van der Waals surface area (Å²) in [6.45, 7) is 11.9. The van der Waals surface area contributed by atoms with Gasteiger partial charge in [0.15, 0.2) is 0 Å². The highest BCUT2D eigenvalue weighted by Crippen LogP contribution is 2.12. The molecule has 0 radical (unpaired) electrons. The number of nitrogens with one attached hydrogen (secondary N) is 1. The molecule has 0 saturated carbocycles. The van der Waals surface area contributed by atoms with E-state index < -0.39 is 0 Å². The van der Waals surface area contributed by atoms with E-state index in [4.69, 9.17) is 0 Å². The lowest BCUT2D eigenvalue weighted by Gasteiger charge is -2.35. The zero-order valence-electron chi connectivity index (χ0n) is 12.4. The topological polar surface area (TPSA) is 18.5 Å². The van der Waals surface area contributed by atoms with Crippen molar-refractivity contribution in [3.05, 3.63) is 0 Å². The van der Waals surface area contributed by atoms with Crippen LogP contribution in [0.25, 0.3) is 0 Å². The molecule has 102 valence electrons. The highest BCUT2D eigenvalue weighted by Gasteiger charge is 2.20. The average Bonchev–Trinajstić information content (AvgIpc) is 2.26. The predicted molar refractivity (Wildman–Crippen MR) is 75.5 cm³/mol. The molecule has 0 amide bonds. The summed E-state index contributed by atoms with van der Waals surface area (Å²) in [5.74, 6) is 0.763. The molecular weight excluding hydrogens is 210 g/mol. The first-order valence-electron chi connectivity index (χ1n) is 7.11. The molecule has 1 aliphatic rings. The van der Waals surface area contributed by atoms with Crippen LogP contribution in [0.5, 0.6) is 0 Å². The molecule has 0 spiro atoms. The van der Waals surface area contributed by atoms with Gasteiger partial charge in [0, 0.05) is 18.6 Å². The van der Waals surface area contributed by atoms with E-state index in [-0.39, 0.29) is 0 Å². The van der Waals surface area contributed by atoms with E-state index in [2.05, 4.69) is 50.0 Å². The Hall–Kier alpha value is -0.120. The van der Waals surface area contributed by atoms with E-state index >= 15 is 0 Å². The van der Waals surface area contributed by atoms with Gasteiger partial charge < -0.3 is 15.1 Å². The second kappa shape index (κ2) is 7.34. The molecular formula is C14H31N3. The van der Waals surface area contributed by atoms with Gasteiger partial charge in [-0.15, -0.1) is 0 Å². The summed E-state index contributed by atoms with van der Waals surface area (Å²) in [5, 5.41) is 3.61. The van der Waals surface area contributed by atoms with Gasteiger partial charge in [-0.3, -0.25) is 0 Å². The quantitative estimate of drug-likeness (QED) is 0.807. The third kappa shape index (κ3) is 5.84. The van der Waals surface area contributed by atoms with Crippen LogP contribution in [0.15, 0.2) is 0 Å². The van der Waals surface area contributed by atoms with Crippen LogP contribution >= 0.6 is 0 Å². The standard InChI is InChI=1S/C14H31N3/c1-12-10-15-13(2)6-9-17(11-12)14(3)7-8-16(4)5/h12-15H,6-11H2,1-5H3. The van der Waals surface area contributed by atoms with Gasteiger partial charge in [0.2, 0.25) is 0 Å². The maximum absolute atomic E-state index is 3.61. The fourth-order valence-electron chi connectivity index (χ4n) is 2.45. The Balaban J connectivity index is 2.42. The number of nitrogens with zero attached hydrogens (tertiary/aromatic N) is 2. The van der Waals surface area contributed by atoms with Gasteiger partial charge in [-0.2, -0.15) is 0 Å². The first-order chi connectivity index (χ1) is 7.99. The maximum Gasteiger partial charge on any atom is 0.00792 e. The molecule has 0 aromatic heterocycles. The Bertz CT molecular complexity index is 206. The Morgan fingerprint density at radius 1 is 1.35 bits per heavy atom. The summed E-state index contributed by atoms with van der Waals surface area (Å²) < 4.78 is 0. The van der Waals surface area contributed by atoms with Crippen molar-refractivity contribution in [1.82, 2.24) is 15.1 Å². The summed E-state index contributed by atoms with van der Waals surface area (Å²) in [7, 11) is 4.32. The zero-order valence-corrected chi connectivity index (χ0v) is 12.4. The zero-order chi connectivity index (χ0) is 12.8. The monoisotopic (exact) mass is 241 g/mol. The molecule has 3 heteroatoms. The summed E-state index contributed by atoms with van der Waals surface area (Å²) in [4.78, 5) is 4.97. The molecule has 1 N–H and O–H groups in total. The van der Waals surface area contributed by atoms with Crippen molar-refractivity contribution in [2.75, 3.05) is 40.3 Å². The second-order valence-electron chi connectivity index (χ2n) is 6.14. The second-order valence-corrected chi connectivity index (χ2v) is 6.14. The van der Waals surface area contributed by atoms with Crippen LogP contribution in [0.2, 0.25) is 0 Å². The lowest BCUT2D eigenvalue weighted by molar-refractivity contribution is 0.143. The van der Waals surface area contributed by atoms with Crippen LogP contribution in [-0.2, 0) is 0 Å². The summed E-state index contributed by atoms with van der Waals surface area (Å²) in [6, 6.07) is 1.38. The van der Waals surface area contributed by atoms with E-state index in [9.17, 15) is 0 Å². The Kier molecular flexibility index (Phi) is 6.45. The average molecular weight is 241 g/mol. The van der Waals surface area contributed by atoms with E-state index in [1.54, 1.807) is 0 Å². The van der Waals surface area contributed by atoms with Gasteiger partial charge >= 0.3 is 0 Å². The fourth-order valence-corrected chi connectivity index (χ4v) is 2.45. The summed E-state index contributed by atoms with van der Waals surface area (Å²) in [6.07, 6.45) is 2.56. The van der Waals surface area contributed by atoms with Crippen molar-refractivity contribution >= 4 is 0 Å². The minimum absolute atomic E-state index is 0.668. The highest BCUT2D eigenvalue weighted by atomic mass is 15.2. The smallest absolute Gasteiger partial charge is 0.00792 e. The van der Waals surface area contributed by atoms with Gasteiger partial charge in [0.25, 0.3) is 0 Å². The SMILES string of the molecule is CC1CNC(C)CCN(C(C)CCN(C)C)C1. The van der Waals surface area contributed by atoms with Gasteiger partial charge in [0.1, 0.15) is 0 Å². The van der Waals surface area contributed by atoms with Gasteiger partial charge in [0.05, 0.1) is 0 Å². The first-order valence-corrected chi connectivity index (χ1v) is 7.11. The van der Waals surface area contributed by atoms with Crippen molar-refractivity contribution in [3.8, 4) is 0 Å². The summed E-state index contributed by atoms with van der Waals surface area (Å²) >= 11 is 0. The molecule has 1 saturated heterocycles. The lowest BCUT2D eigenvalue weighted by Crippen LogP contribution is -2.46. The number of hydrogen-bond acceptors (Lipinski definition) is 3. The molecule has 0 aromatic rings. The van der Waals surface area contributed by atoms with Crippen LogP contribution in [0.4, 0.5) is 0 Å². The molecule has 1 rings (SSSR count). The normalized spacial score (nSPS) is 30.0. The highest BCUT2D eigenvalue weighted by molar-refractivity contribution is 4.77. The van der Waals surface area contributed by atoms with E-state index in [1.807, 2.05) is 0 Å². The van der Waals surface area contributed by atoms with E-state index in [0.717, 1.165) is 12.5 Å². The minimum atomic E-state index is 0.668. The molecule has 1 aliphatic heterocycles. The Morgan fingerprint density at radius 2 is 2.06 bits per heavy atom. The first kappa shape index (κ1) is 14.9. The minimum Gasteiger partial charge on any atom is -0.314 e. The van der Waals surface area contributed by atoms with Crippen LogP contribution in [0.3, 0.4) is 0 Å². The molecule has 0 bridgehead atoms. The largest absolute Gasteiger partial charge is 0.314 e.